The summed E-state index contributed by atoms with van der Waals surface area (Å²) in [5.41, 5.74) is 1.93. The molecule has 1 rings (SSSR count). The number of aliphatic hydroxyl groups is 1. The van der Waals surface area contributed by atoms with E-state index in [2.05, 4.69) is 6.58 Å². The molecular formula is C10H14O. The largest absolute Gasteiger partial charge is 0.392 e. The lowest BCUT2D eigenvalue weighted by molar-refractivity contribution is 0.281. The van der Waals surface area contributed by atoms with Crippen molar-refractivity contribution in [2.75, 3.05) is 0 Å². The van der Waals surface area contributed by atoms with Gasteiger partial charge in [-0.3, -0.25) is 0 Å². The van der Waals surface area contributed by atoms with Crippen LogP contribution in [0.5, 0.6) is 0 Å². The van der Waals surface area contributed by atoms with Crippen LogP contribution in [0.2, 0.25) is 0 Å². The zero-order valence-corrected chi connectivity index (χ0v) is 5.75. The third-order valence-corrected chi connectivity index (χ3v) is 1.45. The minimum atomic E-state index is 0. The highest BCUT2D eigenvalue weighted by Crippen LogP contribution is 2.08. The summed E-state index contributed by atoms with van der Waals surface area (Å²) in [6, 6.07) is 7.64. The molecule has 0 saturated heterocycles. The maximum atomic E-state index is 8.80. The fraction of sp³-hybridized carbons (Fsp3) is 0.200. The molecule has 0 unspecified atom stereocenters. The van der Waals surface area contributed by atoms with Gasteiger partial charge in [-0.2, -0.15) is 0 Å². The van der Waals surface area contributed by atoms with Crippen molar-refractivity contribution in [1.82, 2.24) is 0 Å². The molecule has 1 aromatic rings. The van der Waals surface area contributed by atoms with Gasteiger partial charge in [0.25, 0.3) is 0 Å². The summed E-state index contributed by atoms with van der Waals surface area (Å²) in [6.45, 7) is 3.71. The van der Waals surface area contributed by atoms with Crippen molar-refractivity contribution >= 4 is 6.08 Å². The van der Waals surface area contributed by atoms with Crippen molar-refractivity contribution in [2.24, 2.45) is 0 Å². The summed E-state index contributed by atoms with van der Waals surface area (Å²) >= 11 is 0. The van der Waals surface area contributed by atoms with Crippen LogP contribution in [-0.2, 0) is 6.61 Å². The fourth-order valence-electron chi connectivity index (χ4n) is 0.877. The summed E-state index contributed by atoms with van der Waals surface area (Å²) in [5.74, 6) is 0. The fourth-order valence-corrected chi connectivity index (χ4v) is 0.877. The first-order valence-corrected chi connectivity index (χ1v) is 3.19. The van der Waals surface area contributed by atoms with Crippen LogP contribution in [0.15, 0.2) is 30.8 Å². The highest BCUT2D eigenvalue weighted by Gasteiger charge is 1.92. The Kier molecular flexibility index (Phi) is 4.23. The van der Waals surface area contributed by atoms with Crippen molar-refractivity contribution in [3.05, 3.63) is 42.0 Å². The van der Waals surface area contributed by atoms with Gasteiger partial charge in [-0.25, -0.2) is 0 Å². The van der Waals surface area contributed by atoms with Gasteiger partial charge < -0.3 is 5.11 Å². The van der Waals surface area contributed by atoms with E-state index in [1.807, 2.05) is 24.3 Å². The van der Waals surface area contributed by atoms with E-state index in [1.165, 1.54) is 0 Å². The van der Waals surface area contributed by atoms with Gasteiger partial charge in [-0.05, 0) is 11.1 Å². The van der Waals surface area contributed by atoms with Gasteiger partial charge >= 0.3 is 0 Å². The molecule has 0 fully saturated rings. The highest BCUT2D eigenvalue weighted by atomic mass is 16.3. The van der Waals surface area contributed by atoms with Gasteiger partial charge in [0, 0.05) is 0 Å². The van der Waals surface area contributed by atoms with Crippen LogP contribution in [-0.4, -0.2) is 5.11 Å². The summed E-state index contributed by atoms with van der Waals surface area (Å²) < 4.78 is 0. The molecule has 0 amide bonds. The molecule has 0 aliphatic carbocycles. The number of benzene rings is 1. The molecule has 1 N–H and O–H groups in total. The van der Waals surface area contributed by atoms with Crippen LogP contribution >= 0.6 is 0 Å². The predicted octanol–water partition coefficient (Wildman–Crippen LogP) is 2.46. The smallest absolute Gasteiger partial charge is 0.0687 e. The second kappa shape index (κ2) is 4.69. The molecule has 60 valence electrons. The topological polar surface area (TPSA) is 20.2 Å². The molecule has 1 aromatic carbocycles. The summed E-state index contributed by atoms with van der Waals surface area (Å²) in [4.78, 5) is 0. The standard InChI is InChI=1S/C9H10O.CH4/c1-2-8-5-3-4-6-9(8)7-10;/h2-6,10H,1,7H2;1H4. The summed E-state index contributed by atoms with van der Waals surface area (Å²) in [5, 5.41) is 8.80. The first kappa shape index (κ1) is 9.92. The maximum absolute atomic E-state index is 8.80. The van der Waals surface area contributed by atoms with Gasteiger partial charge in [0.15, 0.2) is 0 Å². The maximum Gasteiger partial charge on any atom is 0.0687 e. The summed E-state index contributed by atoms with van der Waals surface area (Å²) in [7, 11) is 0. The first-order chi connectivity index (χ1) is 4.88. The monoisotopic (exact) mass is 150 g/mol. The molecule has 11 heavy (non-hydrogen) atoms. The van der Waals surface area contributed by atoms with Crippen molar-refractivity contribution < 1.29 is 5.11 Å². The molecule has 0 radical (unpaired) electrons. The molecule has 1 heteroatoms. The van der Waals surface area contributed by atoms with Crippen LogP contribution in [0.25, 0.3) is 6.08 Å². The molecule has 1 nitrogen and oxygen atoms in total. The molecular weight excluding hydrogens is 136 g/mol. The lowest BCUT2D eigenvalue weighted by Gasteiger charge is -1.99. The first-order valence-electron chi connectivity index (χ1n) is 3.19. The van der Waals surface area contributed by atoms with Crippen LogP contribution in [0.3, 0.4) is 0 Å². The Balaban J connectivity index is 0.000001000. The lowest BCUT2D eigenvalue weighted by Crippen LogP contribution is -1.85. The predicted molar refractivity (Wildman–Crippen MR) is 49.2 cm³/mol. The Bertz CT molecular complexity index is 228. The number of aliphatic hydroxyl groups excluding tert-OH is 1. The lowest BCUT2D eigenvalue weighted by atomic mass is 10.1. The molecule has 0 spiro atoms. The van der Waals surface area contributed by atoms with Crippen LogP contribution in [0, 0.1) is 0 Å². The molecule has 0 heterocycles. The van der Waals surface area contributed by atoms with Crippen molar-refractivity contribution in [1.29, 1.82) is 0 Å². The minimum Gasteiger partial charge on any atom is -0.392 e. The average Bonchev–Trinajstić information content (AvgIpc) is 2.04. The van der Waals surface area contributed by atoms with Crippen LogP contribution in [0.1, 0.15) is 18.6 Å². The van der Waals surface area contributed by atoms with Crippen LogP contribution in [0.4, 0.5) is 0 Å². The van der Waals surface area contributed by atoms with E-state index >= 15 is 0 Å². The van der Waals surface area contributed by atoms with Gasteiger partial charge in [0.1, 0.15) is 0 Å². The van der Waals surface area contributed by atoms with Gasteiger partial charge in [0.2, 0.25) is 0 Å². The third-order valence-electron chi connectivity index (χ3n) is 1.45. The van der Waals surface area contributed by atoms with E-state index < -0.39 is 0 Å². The van der Waals surface area contributed by atoms with E-state index in [0.29, 0.717) is 0 Å². The molecule has 0 aliphatic rings. The van der Waals surface area contributed by atoms with Crippen molar-refractivity contribution in [2.45, 2.75) is 14.0 Å². The number of hydrogen-bond acceptors (Lipinski definition) is 1. The second-order valence-corrected chi connectivity index (χ2v) is 2.06. The molecule has 0 atom stereocenters. The molecule has 0 aromatic heterocycles. The second-order valence-electron chi connectivity index (χ2n) is 2.06. The van der Waals surface area contributed by atoms with Crippen LogP contribution < -0.4 is 0 Å². The number of rotatable bonds is 2. The van der Waals surface area contributed by atoms with E-state index in [0.717, 1.165) is 11.1 Å². The Morgan fingerprint density at radius 2 is 2.00 bits per heavy atom. The Morgan fingerprint density at radius 1 is 1.36 bits per heavy atom. The third kappa shape index (κ3) is 2.20. The van der Waals surface area contributed by atoms with E-state index in [9.17, 15) is 0 Å². The average molecular weight is 150 g/mol. The SMILES string of the molecule is C.C=Cc1ccccc1CO. The van der Waals surface area contributed by atoms with Gasteiger partial charge in [-0.1, -0.05) is 44.3 Å². The zero-order chi connectivity index (χ0) is 7.40. The summed E-state index contributed by atoms with van der Waals surface area (Å²) in [6.07, 6.45) is 1.74. The number of hydrogen-bond donors (Lipinski definition) is 1. The molecule has 0 bridgehead atoms. The van der Waals surface area contributed by atoms with Gasteiger partial charge in [0.05, 0.1) is 6.61 Å². The Labute approximate surface area is 68.0 Å². The Morgan fingerprint density at radius 3 is 2.45 bits per heavy atom. The quantitative estimate of drug-likeness (QED) is 0.686. The highest BCUT2D eigenvalue weighted by molar-refractivity contribution is 5.51. The van der Waals surface area contributed by atoms with E-state index in [1.54, 1.807) is 6.08 Å². The molecule has 0 aliphatic heterocycles. The zero-order valence-electron chi connectivity index (χ0n) is 5.75. The van der Waals surface area contributed by atoms with Crippen molar-refractivity contribution in [3.8, 4) is 0 Å². The molecule has 0 saturated carbocycles. The Hall–Kier alpha value is -1.08. The van der Waals surface area contributed by atoms with E-state index in [4.69, 9.17) is 5.11 Å². The van der Waals surface area contributed by atoms with Gasteiger partial charge in [-0.15, -0.1) is 0 Å². The normalized spacial score (nSPS) is 8.45. The van der Waals surface area contributed by atoms with Crippen molar-refractivity contribution in [3.63, 3.8) is 0 Å². The van der Waals surface area contributed by atoms with E-state index in [-0.39, 0.29) is 14.0 Å². The minimum absolute atomic E-state index is 0.